The molecule has 0 aliphatic carbocycles. The van der Waals surface area contributed by atoms with Crippen LogP contribution in [0.4, 0.5) is 11.4 Å². The second kappa shape index (κ2) is 10.6. The lowest BCUT2D eigenvalue weighted by Gasteiger charge is -2.36. The summed E-state index contributed by atoms with van der Waals surface area (Å²) in [6.07, 6.45) is 3.47. The van der Waals surface area contributed by atoms with Crippen LogP contribution in [0.3, 0.4) is 0 Å². The van der Waals surface area contributed by atoms with E-state index in [4.69, 9.17) is 11.6 Å². The van der Waals surface area contributed by atoms with Crippen molar-refractivity contribution < 1.29 is 9.59 Å². The molecule has 4 rings (SSSR count). The number of nitrogens with zero attached hydrogens (tertiary/aromatic N) is 2. The van der Waals surface area contributed by atoms with Crippen LogP contribution < -0.4 is 10.2 Å². The van der Waals surface area contributed by atoms with Gasteiger partial charge in [-0.05, 0) is 66.9 Å². The Bertz CT molecular complexity index is 1220. The fourth-order valence-corrected chi connectivity index (χ4v) is 4.14. The highest BCUT2D eigenvalue weighted by atomic mass is 35.5. The van der Waals surface area contributed by atoms with Crippen LogP contribution in [-0.4, -0.2) is 42.9 Å². The van der Waals surface area contributed by atoms with Crippen molar-refractivity contribution in [3.8, 4) is 0 Å². The number of aryl methyl sites for hydroxylation is 2. The number of halogens is 1. The molecule has 6 heteroatoms. The second-order valence-corrected chi connectivity index (χ2v) is 8.91. The molecule has 0 unspecified atom stereocenters. The lowest BCUT2D eigenvalue weighted by Crippen LogP contribution is -2.48. The number of anilines is 2. The second-order valence-electron chi connectivity index (χ2n) is 8.47. The first-order valence-corrected chi connectivity index (χ1v) is 11.7. The van der Waals surface area contributed by atoms with Gasteiger partial charge in [0.1, 0.15) is 0 Å². The number of nitrogens with one attached hydrogen (secondary N) is 1. The van der Waals surface area contributed by atoms with Gasteiger partial charge in [-0.3, -0.25) is 9.59 Å². The van der Waals surface area contributed by atoms with Crippen LogP contribution in [0.15, 0.2) is 72.8 Å². The summed E-state index contributed by atoms with van der Waals surface area (Å²) in [6.45, 7) is 6.55. The van der Waals surface area contributed by atoms with Crippen molar-refractivity contribution in [2.24, 2.45) is 0 Å². The average molecular weight is 474 g/mol. The van der Waals surface area contributed by atoms with Gasteiger partial charge in [0.05, 0.1) is 11.4 Å². The quantitative estimate of drug-likeness (QED) is 0.493. The van der Waals surface area contributed by atoms with E-state index in [1.807, 2.05) is 85.5 Å². The fourth-order valence-electron chi connectivity index (χ4n) is 3.97. The molecule has 0 atom stereocenters. The van der Waals surface area contributed by atoms with Crippen molar-refractivity contribution in [1.29, 1.82) is 0 Å². The average Bonchev–Trinajstić information content (AvgIpc) is 2.85. The molecule has 1 fully saturated rings. The van der Waals surface area contributed by atoms with E-state index in [2.05, 4.69) is 10.2 Å². The molecule has 174 valence electrons. The molecule has 2 amide bonds. The summed E-state index contributed by atoms with van der Waals surface area (Å²) in [4.78, 5) is 29.6. The summed E-state index contributed by atoms with van der Waals surface area (Å²) in [5.74, 6) is -0.172. The summed E-state index contributed by atoms with van der Waals surface area (Å²) < 4.78 is 0. The number of hydrogen-bond acceptors (Lipinski definition) is 3. The van der Waals surface area contributed by atoms with E-state index in [0.29, 0.717) is 42.5 Å². The van der Waals surface area contributed by atoms with Gasteiger partial charge in [0.25, 0.3) is 5.91 Å². The predicted molar refractivity (Wildman–Crippen MR) is 140 cm³/mol. The molecule has 1 aliphatic heterocycles. The summed E-state index contributed by atoms with van der Waals surface area (Å²) in [7, 11) is 0. The fraction of sp³-hybridized carbons (Fsp3) is 0.214. The Hall–Kier alpha value is -3.57. The highest BCUT2D eigenvalue weighted by Gasteiger charge is 2.22. The van der Waals surface area contributed by atoms with Crippen LogP contribution in [0.25, 0.3) is 6.08 Å². The first-order valence-electron chi connectivity index (χ1n) is 11.4. The smallest absolute Gasteiger partial charge is 0.255 e. The topological polar surface area (TPSA) is 52.7 Å². The first kappa shape index (κ1) is 23.6. The van der Waals surface area contributed by atoms with E-state index in [9.17, 15) is 9.59 Å². The van der Waals surface area contributed by atoms with Gasteiger partial charge in [-0.15, -0.1) is 0 Å². The molecule has 34 heavy (non-hydrogen) atoms. The Labute approximate surface area is 205 Å². The zero-order chi connectivity index (χ0) is 24.1. The molecule has 0 saturated carbocycles. The highest BCUT2D eigenvalue weighted by Crippen LogP contribution is 2.30. The van der Waals surface area contributed by atoms with Crippen molar-refractivity contribution >= 4 is 40.9 Å². The molecule has 1 heterocycles. The van der Waals surface area contributed by atoms with Gasteiger partial charge in [-0.1, -0.05) is 48.0 Å². The molecule has 0 bridgehead atoms. The third-order valence-electron chi connectivity index (χ3n) is 6.13. The third-order valence-corrected chi connectivity index (χ3v) is 6.36. The zero-order valence-corrected chi connectivity index (χ0v) is 20.2. The van der Waals surface area contributed by atoms with E-state index >= 15 is 0 Å². The molecule has 3 aromatic rings. The van der Waals surface area contributed by atoms with Gasteiger partial charge in [-0.25, -0.2) is 0 Å². The van der Waals surface area contributed by atoms with Gasteiger partial charge in [0.15, 0.2) is 0 Å². The Morgan fingerprint density at radius 2 is 1.62 bits per heavy atom. The highest BCUT2D eigenvalue weighted by molar-refractivity contribution is 6.31. The maximum absolute atomic E-state index is 12.9. The standard InChI is InChI=1S/C28H28ClN3O2/c1-20-8-10-23(18-21(20)2)28(34)30-25-19-24(29)11-12-26(25)31-14-16-32(17-15-31)27(33)13-9-22-6-4-3-5-7-22/h3-13,18-19H,14-17H2,1-2H3,(H,30,34)/b13-9+. The monoisotopic (exact) mass is 473 g/mol. The molecule has 3 aromatic carbocycles. The number of piperazine rings is 1. The molecule has 1 saturated heterocycles. The molecule has 5 nitrogen and oxygen atoms in total. The van der Waals surface area contributed by atoms with E-state index < -0.39 is 0 Å². The third kappa shape index (κ3) is 5.67. The van der Waals surface area contributed by atoms with Crippen molar-refractivity contribution in [3.63, 3.8) is 0 Å². The predicted octanol–water partition coefficient (Wildman–Crippen LogP) is 5.57. The Morgan fingerprint density at radius 1 is 0.882 bits per heavy atom. The Morgan fingerprint density at radius 3 is 2.32 bits per heavy atom. The molecule has 0 aromatic heterocycles. The van der Waals surface area contributed by atoms with E-state index in [1.165, 1.54) is 0 Å². The number of carbonyl (C=O) groups is 2. The molecule has 1 aliphatic rings. The summed E-state index contributed by atoms with van der Waals surface area (Å²) in [6, 6.07) is 21.0. The van der Waals surface area contributed by atoms with Gasteiger partial charge in [0, 0.05) is 42.8 Å². The SMILES string of the molecule is Cc1ccc(C(=O)Nc2cc(Cl)ccc2N2CCN(C(=O)/C=C/c3ccccc3)CC2)cc1C. The van der Waals surface area contributed by atoms with Crippen LogP contribution in [0.2, 0.25) is 5.02 Å². The van der Waals surface area contributed by atoms with Crippen molar-refractivity contribution in [3.05, 3.63) is 100 Å². The Balaban J connectivity index is 1.43. The molecular formula is C28H28ClN3O2. The number of hydrogen-bond donors (Lipinski definition) is 1. The van der Waals surface area contributed by atoms with Crippen LogP contribution in [-0.2, 0) is 4.79 Å². The minimum atomic E-state index is -0.175. The minimum Gasteiger partial charge on any atom is -0.366 e. The number of amides is 2. The zero-order valence-electron chi connectivity index (χ0n) is 19.4. The normalized spacial score (nSPS) is 13.9. The van der Waals surface area contributed by atoms with Crippen molar-refractivity contribution in [2.75, 3.05) is 36.4 Å². The number of carbonyl (C=O) groups excluding carboxylic acids is 2. The minimum absolute atomic E-state index is 0.00266. The first-order chi connectivity index (χ1) is 16.4. The van der Waals surface area contributed by atoms with Crippen LogP contribution in [0, 0.1) is 13.8 Å². The van der Waals surface area contributed by atoms with Gasteiger partial charge >= 0.3 is 0 Å². The van der Waals surface area contributed by atoms with Crippen LogP contribution in [0.5, 0.6) is 0 Å². The van der Waals surface area contributed by atoms with Gasteiger partial charge in [-0.2, -0.15) is 0 Å². The van der Waals surface area contributed by atoms with Crippen molar-refractivity contribution in [1.82, 2.24) is 4.90 Å². The summed E-state index contributed by atoms with van der Waals surface area (Å²) in [5, 5.41) is 3.58. The van der Waals surface area contributed by atoms with Crippen LogP contribution >= 0.6 is 11.6 Å². The Kier molecular flexibility index (Phi) is 7.33. The number of rotatable bonds is 5. The molecule has 1 N–H and O–H groups in total. The largest absolute Gasteiger partial charge is 0.366 e. The van der Waals surface area contributed by atoms with Gasteiger partial charge in [0.2, 0.25) is 5.91 Å². The molecule has 0 spiro atoms. The number of benzene rings is 3. The lowest BCUT2D eigenvalue weighted by atomic mass is 10.1. The van der Waals surface area contributed by atoms with Crippen LogP contribution in [0.1, 0.15) is 27.0 Å². The van der Waals surface area contributed by atoms with E-state index in [0.717, 1.165) is 22.4 Å². The summed E-state index contributed by atoms with van der Waals surface area (Å²) in [5.41, 5.74) is 5.38. The maximum atomic E-state index is 12.9. The van der Waals surface area contributed by atoms with Gasteiger partial charge < -0.3 is 15.1 Å². The maximum Gasteiger partial charge on any atom is 0.255 e. The molecular weight excluding hydrogens is 446 g/mol. The molecule has 0 radical (unpaired) electrons. The summed E-state index contributed by atoms with van der Waals surface area (Å²) >= 11 is 6.25. The van der Waals surface area contributed by atoms with Crippen molar-refractivity contribution in [2.45, 2.75) is 13.8 Å². The van der Waals surface area contributed by atoms with E-state index in [1.54, 1.807) is 12.1 Å². The lowest BCUT2D eigenvalue weighted by molar-refractivity contribution is -0.126. The van der Waals surface area contributed by atoms with E-state index in [-0.39, 0.29) is 11.8 Å².